The highest BCUT2D eigenvalue weighted by molar-refractivity contribution is 14.0. The van der Waals surface area contributed by atoms with Crippen LogP contribution in [0, 0.1) is 13.8 Å². The van der Waals surface area contributed by atoms with Crippen molar-refractivity contribution >= 4 is 45.6 Å². The molecule has 0 amide bonds. The number of methoxy groups -OCH3 is 1. The Labute approximate surface area is 183 Å². The van der Waals surface area contributed by atoms with E-state index in [2.05, 4.69) is 21.1 Å². The van der Waals surface area contributed by atoms with Gasteiger partial charge in [-0.3, -0.25) is 0 Å². The molecule has 9 heteroatoms. The van der Waals surface area contributed by atoms with Crippen molar-refractivity contribution in [3.05, 3.63) is 59.2 Å². The molecule has 0 aliphatic heterocycles. The number of sulfonamides is 1. The van der Waals surface area contributed by atoms with Crippen LogP contribution in [0.15, 0.2) is 52.4 Å². The lowest BCUT2D eigenvalue weighted by atomic mass is 10.1. The number of anilines is 1. The second kappa shape index (κ2) is 11.3. The lowest BCUT2D eigenvalue weighted by Gasteiger charge is -2.09. The van der Waals surface area contributed by atoms with Crippen molar-refractivity contribution in [3.63, 3.8) is 0 Å². The van der Waals surface area contributed by atoms with Gasteiger partial charge in [-0.2, -0.15) is 0 Å². The van der Waals surface area contributed by atoms with E-state index in [9.17, 15) is 8.42 Å². The topological polar surface area (TPSA) is 106 Å². The third-order valence-electron chi connectivity index (χ3n) is 3.76. The zero-order valence-corrected chi connectivity index (χ0v) is 19.4. The largest absolute Gasteiger partial charge is 0.383 e. The summed E-state index contributed by atoms with van der Waals surface area (Å²) in [7, 11) is -2.01. The standard InChI is InChI=1S/C19H26N4O3S.HI/c1-14-10-15(2)12-17(11-14)23-19(20)21-13-16-4-6-18(7-5-16)27(24,25)22-8-9-26-3;/h4-7,10-12,22H,8-9,13H2,1-3H3,(H3,20,21,23);1H. The Balaban J connectivity index is 0.00000392. The van der Waals surface area contributed by atoms with Crippen molar-refractivity contribution in [2.45, 2.75) is 25.3 Å². The van der Waals surface area contributed by atoms with Crippen molar-refractivity contribution in [3.8, 4) is 0 Å². The van der Waals surface area contributed by atoms with Crippen molar-refractivity contribution in [2.24, 2.45) is 10.7 Å². The number of ether oxygens (including phenoxy) is 1. The molecule has 0 aliphatic rings. The molecule has 0 aliphatic carbocycles. The van der Waals surface area contributed by atoms with E-state index in [1.807, 2.05) is 26.0 Å². The second-order valence-corrected chi connectivity index (χ2v) is 8.00. The molecular weight excluding hydrogens is 491 g/mol. The average Bonchev–Trinajstić information content (AvgIpc) is 2.59. The summed E-state index contributed by atoms with van der Waals surface area (Å²) in [5.41, 5.74) is 9.97. The second-order valence-electron chi connectivity index (χ2n) is 6.24. The van der Waals surface area contributed by atoms with Crippen LogP contribution in [-0.4, -0.2) is 34.6 Å². The molecule has 2 rings (SSSR count). The average molecular weight is 518 g/mol. The SMILES string of the molecule is COCCNS(=O)(=O)c1ccc(CN=C(N)Nc2cc(C)cc(C)c2)cc1.I. The Hall–Kier alpha value is -1.69. The molecule has 0 fully saturated rings. The first-order valence-corrected chi connectivity index (χ1v) is 10.0. The van der Waals surface area contributed by atoms with Gasteiger partial charge in [-0.05, 0) is 54.8 Å². The third kappa shape index (κ3) is 7.74. The lowest BCUT2D eigenvalue weighted by Crippen LogP contribution is -2.27. The van der Waals surface area contributed by atoms with Crippen molar-refractivity contribution in [1.82, 2.24) is 4.72 Å². The van der Waals surface area contributed by atoms with Gasteiger partial charge in [0.15, 0.2) is 5.96 Å². The fourth-order valence-electron chi connectivity index (χ4n) is 2.55. The van der Waals surface area contributed by atoms with Gasteiger partial charge in [-0.25, -0.2) is 18.1 Å². The zero-order valence-electron chi connectivity index (χ0n) is 16.2. The summed E-state index contributed by atoms with van der Waals surface area (Å²) >= 11 is 0. The van der Waals surface area contributed by atoms with Gasteiger partial charge < -0.3 is 15.8 Å². The molecule has 0 atom stereocenters. The van der Waals surface area contributed by atoms with E-state index in [0.29, 0.717) is 19.1 Å². The Bertz CT molecular complexity index is 880. The number of aryl methyl sites for hydroxylation is 2. The molecule has 0 saturated heterocycles. The molecule has 0 bridgehead atoms. The Morgan fingerprint density at radius 1 is 1.11 bits per heavy atom. The van der Waals surface area contributed by atoms with Crippen molar-refractivity contribution < 1.29 is 13.2 Å². The van der Waals surface area contributed by atoms with Crippen LogP contribution >= 0.6 is 24.0 Å². The fraction of sp³-hybridized carbons (Fsp3) is 0.316. The highest BCUT2D eigenvalue weighted by Crippen LogP contribution is 2.14. The van der Waals surface area contributed by atoms with Crippen LogP contribution in [0.2, 0.25) is 0 Å². The summed E-state index contributed by atoms with van der Waals surface area (Å²) in [4.78, 5) is 4.50. The maximum Gasteiger partial charge on any atom is 0.240 e. The molecule has 0 spiro atoms. The number of nitrogens with zero attached hydrogens (tertiary/aromatic N) is 1. The first kappa shape index (κ1) is 24.3. The van der Waals surface area contributed by atoms with Crippen molar-refractivity contribution in [2.75, 3.05) is 25.6 Å². The van der Waals surface area contributed by atoms with Crippen molar-refractivity contribution in [1.29, 1.82) is 0 Å². The number of benzene rings is 2. The molecule has 0 unspecified atom stereocenters. The summed E-state index contributed by atoms with van der Waals surface area (Å²) < 4.78 is 31.6. The van der Waals surface area contributed by atoms with Gasteiger partial charge in [0, 0.05) is 19.3 Å². The van der Waals surface area contributed by atoms with Gasteiger partial charge >= 0.3 is 0 Å². The quantitative estimate of drug-likeness (QED) is 0.216. The minimum atomic E-state index is -3.53. The van der Waals surface area contributed by atoms with Crippen LogP contribution in [0.5, 0.6) is 0 Å². The van der Waals surface area contributed by atoms with E-state index in [1.54, 1.807) is 24.3 Å². The number of aliphatic imine (C=N–C) groups is 1. The maximum atomic E-state index is 12.1. The van der Waals surface area contributed by atoms with Gasteiger partial charge in [0.1, 0.15) is 0 Å². The van der Waals surface area contributed by atoms with Crippen LogP contribution in [0.3, 0.4) is 0 Å². The molecule has 0 radical (unpaired) electrons. The summed E-state index contributed by atoms with van der Waals surface area (Å²) in [6.45, 7) is 4.93. The predicted octanol–water partition coefficient (Wildman–Crippen LogP) is 2.77. The molecule has 7 nitrogen and oxygen atoms in total. The number of nitrogens with two attached hydrogens (primary N) is 1. The first-order chi connectivity index (χ1) is 12.8. The molecular formula is C19H27IN4O3S. The van der Waals surface area contributed by atoms with Gasteiger partial charge in [0.05, 0.1) is 18.0 Å². The summed E-state index contributed by atoms with van der Waals surface area (Å²) in [6.07, 6.45) is 0. The lowest BCUT2D eigenvalue weighted by molar-refractivity contribution is 0.204. The van der Waals surface area contributed by atoms with E-state index in [4.69, 9.17) is 10.5 Å². The normalized spacial score (nSPS) is 11.8. The molecule has 2 aromatic carbocycles. The minimum absolute atomic E-state index is 0. The number of rotatable bonds is 8. The van der Waals surface area contributed by atoms with E-state index < -0.39 is 10.0 Å². The molecule has 2 aromatic rings. The molecule has 0 aromatic heterocycles. The fourth-order valence-corrected chi connectivity index (χ4v) is 3.56. The Morgan fingerprint density at radius 2 is 1.71 bits per heavy atom. The first-order valence-electron chi connectivity index (χ1n) is 8.53. The Morgan fingerprint density at radius 3 is 2.29 bits per heavy atom. The van der Waals surface area contributed by atoms with Gasteiger partial charge in [0.25, 0.3) is 0 Å². The number of hydrogen-bond donors (Lipinski definition) is 3. The molecule has 4 N–H and O–H groups in total. The highest BCUT2D eigenvalue weighted by atomic mass is 127. The number of guanidine groups is 1. The maximum absolute atomic E-state index is 12.1. The van der Waals surface area contributed by atoms with Gasteiger partial charge in [-0.15, -0.1) is 24.0 Å². The van der Waals surface area contributed by atoms with Gasteiger partial charge in [-0.1, -0.05) is 18.2 Å². The zero-order chi connectivity index (χ0) is 19.9. The molecule has 0 heterocycles. The summed E-state index contributed by atoms with van der Waals surface area (Å²) in [5, 5.41) is 3.07. The van der Waals surface area contributed by atoms with Crippen LogP contribution in [0.25, 0.3) is 0 Å². The summed E-state index contributed by atoms with van der Waals surface area (Å²) in [5.74, 6) is 0.304. The van der Waals surface area contributed by atoms with E-state index in [-0.39, 0.29) is 35.4 Å². The van der Waals surface area contributed by atoms with Crippen LogP contribution in [-0.2, 0) is 21.3 Å². The van der Waals surface area contributed by atoms with Crippen LogP contribution < -0.4 is 15.8 Å². The third-order valence-corrected chi connectivity index (χ3v) is 5.23. The van der Waals surface area contributed by atoms with E-state index in [1.165, 1.54) is 7.11 Å². The monoisotopic (exact) mass is 518 g/mol. The Kier molecular flexibility index (Phi) is 9.87. The van der Waals surface area contributed by atoms with Crippen LogP contribution in [0.1, 0.15) is 16.7 Å². The van der Waals surface area contributed by atoms with E-state index >= 15 is 0 Å². The number of hydrogen-bond acceptors (Lipinski definition) is 4. The van der Waals surface area contributed by atoms with E-state index in [0.717, 1.165) is 22.4 Å². The molecule has 0 saturated carbocycles. The van der Waals surface area contributed by atoms with Gasteiger partial charge in [0.2, 0.25) is 10.0 Å². The predicted molar refractivity (Wildman–Crippen MR) is 124 cm³/mol. The highest BCUT2D eigenvalue weighted by Gasteiger charge is 2.12. The molecule has 154 valence electrons. The number of halogens is 1. The molecule has 28 heavy (non-hydrogen) atoms. The minimum Gasteiger partial charge on any atom is -0.383 e. The summed E-state index contributed by atoms with van der Waals surface area (Å²) in [6, 6.07) is 12.6. The number of nitrogens with one attached hydrogen (secondary N) is 2. The smallest absolute Gasteiger partial charge is 0.240 e. The van der Waals surface area contributed by atoms with Crippen LogP contribution in [0.4, 0.5) is 5.69 Å².